The molecule has 0 aromatic heterocycles. The summed E-state index contributed by atoms with van der Waals surface area (Å²) in [6.45, 7) is 1.61. The van der Waals surface area contributed by atoms with E-state index in [2.05, 4.69) is 5.32 Å². The molecule has 0 spiro atoms. The first kappa shape index (κ1) is 17.0. The van der Waals surface area contributed by atoms with Crippen LogP contribution in [0.15, 0.2) is 42.5 Å². The molecule has 0 aliphatic heterocycles. The predicted molar refractivity (Wildman–Crippen MR) is 78.1 cm³/mol. The van der Waals surface area contributed by atoms with E-state index in [0.29, 0.717) is 6.07 Å². The fourth-order valence-electron chi connectivity index (χ4n) is 2.11. The summed E-state index contributed by atoms with van der Waals surface area (Å²) >= 11 is 0. The maximum absolute atomic E-state index is 13.0. The van der Waals surface area contributed by atoms with Crippen LogP contribution in [0, 0.1) is 12.7 Å². The van der Waals surface area contributed by atoms with Crippen molar-refractivity contribution in [2.45, 2.75) is 26.1 Å². The van der Waals surface area contributed by atoms with Gasteiger partial charge in [-0.1, -0.05) is 35.9 Å². The second kappa shape index (κ2) is 6.81. The van der Waals surface area contributed by atoms with E-state index >= 15 is 0 Å². The Hall–Kier alpha value is -2.37. The van der Waals surface area contributed by atoms with Gasteiger partial charge in [-0.3, -0.25) is 4.79 Å². The maximum Gasteiger partial charge on any atom is 0.416 e. The smallest absolute Gasteiger partial charge is 0.352 e. The molecule has 2 rings (SSSR count). The third-order valence-corrected chi connectivity index (χ3v) is 3.34. The van der Waals surface area contributed by atoms with Crippen LogP contribution in [0.1, 0.15) is 22.3 Å². The summed E-state index contributed by atoms with van der Waals surface area (Å²) in [5, 5.41) is 2.43. The van der Waals surface area contributed by atoms with Crippen molar-refractivity contribution in [1.29, 1.82) is 0 Å². The summed E-state index contributed by atoms with van der Waals surface area (Å²) in [5.41, 5.74) is 0.572. The fourth-order valence-corrected chi connectivity index (χ4v) is 2.11. The standard InChI is InChI=1S/C17H15F4NO/c1-11-2-4-12(5-3-11)8-16(23)22-10-13-6-7-14(18)9-15(13)17(19,20)21/h2-7,9H,8,10H2,1H3,(H,22,23). The van der Waals surface area contributed by atoms with Crippen LogP contribution < -0.4 is 5.32 Å². The molecule has 0 aliphatic rings. The van der Waals surface area contributed by atoms with Gasteiger partial charge in [0.2, 0.25) is 5.91 Å². The molecule has 1 amide bonds. The van der Waals surface area contributed by atoms with Gasteiger partial charge in [-0.2, -0.15) is 13.2 Å². The van der Waals surface area contributed by atoms with E-state index in [1.165, 1.54) is 0 Å². The molecule has 0 heterocycles. The third kappa shape index (κ3) is 4.81. The van der Waals surface area contributed by atoms with E-state index in [1.54, 1.807) is 12.1 Å². The van der Waals surface area contributed by atoms with Gasteiger partial charge in [0.1, 0.15) is 5.82 Å². The molecule has 1 N–H and O–H groups in total. The largest absolute Gasteiger partial charge is 0.416 e. The monoisotopic (exact) mass is 325 g/mol. The average Bonchev–Trinajstić information content (AvgIpc) is 2.47. The Bertz CT molecular complexity index is 693. The first-order valence-corrected chi connectivity index (χ1v) is 6.93. The summed E-state index contributed by atoms with van der Waals surface area (Å²) in [4.78, 5) is 11.8. The van der Waals surface area contributed by atoms with Crippen molar-refractivity contribution >= 4 is 5.91 Å². The number of rotatable bonds is 4. The van der Waals surface area contributed by atoms with Gasteiger partial charge in [-0.15, -0.1) is 0 Å². The minimum absolute atomic E-state index is 0.0722. The van der Waals surface area contributed by atoms with Crippen LogP contribution in [0.25, 0.3) is 0 Å². The van der Waals surface area contributed by atoms with Crippen molar-refractivity contribution in [2.24, 2.45) is 0 Å². The predicted octanol–water partition coefficient (Wildman–Crippen LogP) is 4.01. The zero-order valence-electron chi connectivity index (χ0n) is 12.4. The first-order valence-electron chi connectivity index (χ1n) is 6.93. The van der Waals surface area contributed by atoms with Crippen LogP contribution >= 0.6 is 0 Å². The highest BCUT2D eigenvalue weighted by molar-refractivity contribution is 5.78. The van der Waals surface area contributed by atoms with Gasteiger partial charge >= 0.3 is 6.18 Å². The Morgan fingerprint density at radius 3 is 2.35 bits per heavy atom. The van der Waals surface area contributed by atoms with Gasteiger partial charge in [0, 0.05) is 6.54 Å². The minimum Gasteiger partial charge on any atom is -0.352 e. The van der Waals surface area contributed by atoms with Gasteiger partial charge in [-0.05, 0) is 30.2 Å². The fraction of sp³-hybridized carbons (Fsp3) is 0.235. The number of hydrogen-bond acceptors (Lipinski definition) is 1. The molecule has 6 heteroatoms. The quantitative estimate of drug-likeness (QED) is 0.846. The SMILES string of the molecule is Cc1ccc(CC(=O)NCc2ccc(F)cc2C(F)(F)F)cc1. The van der Waals surface area contributed by atoms with Crippen molar-refractivity contribution in [2.75, 3.05) is 0 Å². The molecule has 0 saturated carbocycles. The molecule has 0 radical (unpaired) electrons. The van der Waals surface area contributed by atoms with Gasteiger partial charge < -0.3 is 5.32 Å². The number of carbonyl (C=O) groups is 1. The average molecular weight is 325 g/mol. The van der Waals surface area contributed by atoms with E-state index in [0.717, 1.165) is 23.3 Å². The summed E-state index contributed by atoms with van der Waals surface area (Å²) in [7, 11) is 0. The molecule has 23 heavy (non-hydrogen) atoms. The van der Waals surface area contributed by atoms with Gasteiger partial charge in [0.25, 0.3) is 0 Å². The van der Waals surface area contributed by atoms with Gasteiger partial charge in [-0.25, -0.2) is 4.39 Å². The topological polar surface area (TPSA) is 29.1 Å². The highest BCUT2D eigenvalue weighted by Gasteiger charge is 2.33. The molecular weight excluding hydrogens is 310 g/mol. The maximum atomic E-state index is 13.0. The summed E-state index contributed by atoms with van der Waals surface area (Å²) in [6, 6.07) is 9.68. The number of benzene rings is 2. The van der Waals surface area contributed by atoms with Crippen LogP contribution in [-0.4, -0.2) is 5.91 Å². The molecule has 2 aromatic rings. The van der Waals surface area contributed by atoms with Crippen LogP contribution in [0.5, 0.6) is 0 Å². The molecule has 0 aliphatic carbocycles. The highest BCUT2D eigenvalue weighted by Crippen LogP contribution is 2.32. The molecule has 2 nitrogen and oxygen atoms in total. The number of aryl methyl sites for hydroxylation is 1. The van der Waals surface area contributed by atoms with E-state index in [-0.39, 0.29) is 18.5 Å². The van der Waals surface area contributed by atoms with E-state index < -0.39 is 23.5 Å². The van der Waals surface area contributed by atoms with Crippen LogP contribution in [0.4, 0.5) is 17.6 Å². The Labute approximate surface area is 131 Å². The molecule has 0 unspecified atom stereocenters. The molecule has 0 saturated heterocycles. The third-order valence-electron chi connectivity index (χ3n) is 3.34. The lowest BCUT2D eigenvalue weighted by molar-refractivity contribution is -0.138. The second-order valence-corrected chi connectivity index (χ2v) is 5.24. The van der Waals surface area contributed by atoms with Crippen molar-refractivity contribution in [3.05, 3.63) is 70.5 Å². The normalized spacial score (nSPS) is 11.3. The van der Waals surface area contributed by atoms with Crippen molar-refractivity contribution in [3.8, 4) is 0 Å². The van der Waals surface area contributed by atoms with Gasteiger partial charge in [0.05, 0.1) is 12.0 Å². The van der Waals surface area contributed by atoms with E-state index in [4.69, 9.17) is 0 Å². The molecule has 0 bridgehead atoms. The minimum atomic E-state index is -4.67. The first-order chi connectivity index (χ1) is 10.8. The molecule has 0 atom stereocenters. The Balaban J connectivity index is 2.03. The lowest BCUT2D eigenvalue weighted by Crippen LogP contribution is -2.26. The Morgan fingerprint density at radius 2 is 1.74 bits per heavy atom. The summed E-state index contributed by atoms with van der Waals surface area (Å²) < 4.78 is 51.6. The molecular formula is C17H15F4NO. The molecule has 122 valence electrons. The molecule has 2 aromatic carbocycles. The Kier molecular flexibility index (Phi) is 5.03. The lowest BCUT2D eigenvalue weighted by atomic mass is 10.1. The number of halogens is 4. The lowest BCUT2D eigenvalue weighted by Gasteiger charge is -2.13. The van der Waals surface area contributed by atoms with Gasteiger partial charge in [0.15, 0.2) is 0 Å². The second-order valence-electron chi connectivity index (χ2n) is 5.24. The molecule has 0 fully saturated rings. The Morgan fingerprint density at radius 1 is 1.09 bits per heavy atom. The zero-order chi connectivity index (χ0) is 17.0. The number of nitrogens with one attached hydrogen (secondary N) is 1. The zero-order valence-corrected chi connectivity index (χ0v) is 12.4. The van der Waals surface area contributed by atoms with E-state index in [1.807, 2.05) is 19.1 Å². The highest BCUT2D eigenvalue weighted by atomic mass is 19.4. The van der Waals surface area contributed by atoms with E-state index in [9.17, 15) is 22.4 Å². The number of amides is 1. The number of hydrogen-bond donors (Lipinski definition) is 1. The number of alkyl halides is 3. The van der Waals surface area contributed by atoms with Crippen LogP contribution in [-0.2, 0) is 23.9 Å². The van der Waals surface area contributed by atoms with Crippen molar-refractivity contribution in [3.63, 3.8) is 0 Å². The number of carbonyl (C=O) groups excluding carboxylic acids is 1. The summed E-state index contributed by atoms with van der Waals surface area (Å²) in [5.74, 6) is -1.36. The van der Waals surface area contributed by atoms with Crippen LogP contribution in [0.3, 0.4) is 0 Å². The van der Waals surface area contributed by atoms with Crippen molar-refractivity contribution in [1.82, 2.24) is 5.32 Å². The van der Waals surface area contributed by atoms with Crippen molar-refractivity contribution < 1.29 is 22.4 Å². The summed E-state index contributed by atoms with van der Waals surface area (Å²) in [6.07, 6.45) is -4.60. The van der Waals surface area contributed by atoms with Crippen LogP contribution in [0.2, 0.25) is 0 Å².